The van der Waals surface area contributed by atoms with Gasteiger partial charge in [-0.05, 0) is 70.6 Å². The van der Waals surface area contributed by atoms with Gasteiger partial charge in [0.15, 0.2) is 6.10 Å². The van der Waals surface area contributed by atoms with Crippen LogP contribution in [0.5, 0.6) is 0 Å². The Balaban J connectivity index is 4.13. The molecule has 0 saturated carbocycles. The third-order valence-electron chi connectivity index (χ3n) is 15.1. The molecule has 0 bridgehead atoms. The number of allylic oxidation sites excluding steroid dienone is 6. The van der Waals surface area contributed by atoms with Crippen molar-refractivity contribution in [2.24, 2.45) is 0 Å². The van der Waals surface area contributed by atoms with E-state index in [0.29, 0.717) is 19.3 Å². The van der Waals surface area contributed by atoms with Gasteiger partial charge in [0.2, 0.25) is 0 Å². The van der Waals surface area contributed by atoms with E-state index in [9.17, 15) is 14.4 Å². The van der Waals surface area contributed by atoms with Crippen molar-refractivity contribution in [3.05, 3.63) is 36.5 Å². The molecule has 0 aromatic rings. The molecule has 1 atom stereocenters. The monoisotopic (exact) mass is 1050 g/mol. The molecule has 0 rings (SSSR count). The molecule has 0 aliphatic carbocycles. The minimum Gasteiger partial charge on any atom is -0.462 e. The summed E-state index contributed by atoms with van der Waals surface area (Å²) in [6.07, 6.45) is 78.9. The SMILES string of the molecule is CCCC/C=C\CCCCCCCC(=O)OCC(COC(=O)CCCCCCCCCCCCCCCCCCC/C=C\C/C=C\CCCCCCC)OC(=O)CCCCCCCCCCCCCCCCCCC. The van der Waals surface area contributed by atoms with E-state index >= 15 is 0 Å². The van der Waals surface area contributed by atoms with Crippen LogP contribution in [0.15, 0.2) is 36.5 Å². The van der Waals surface area contributed by atoms with Crippen molar-refractivity contribution < 1.29 is 28.6 Å². The molecule has 6 nitrogen and oxygen atoms in total. The lowest BCUT2D eigenvalue weighted by atomic mass is 10.0. The standard InChI is InChI=1S/C69H128O6/c1-4-7-10-13-16-19-22-24-26-28-29-30-31-32-33-34-35-36-37-38-39-41-42-44-47-50-53-56-59-62-68(71)74-65-66(64-73-67(70)61-58-55-52-49-46-21-18-15-12-9-6-3)75-69(72)63-60-57-54-51-48-45-43-40-27-25-23-20-17-14-11-8-5-2/h15,18,22,24,28-29,66H,4-14,16-17,19-21,23,25-27,30-65H2,1-3H3/b18-15-,24-22-,29-28-. The molecule has 0 saturated heterocycles. The maximum atomic E-state index is 12.9. The molecular formula is C69H128O6. The molecule has 0 amide bonds. The number of rotatable bonds is 62. The lowest BCUT2D eigenvalue weighted by Crippen LogP contribution is -2.30. The van der Waals surface area contributed by atoms with Gasteiger partial charge in [-0.1, -0.05) is 314 Å². The van der Waals surface area contributed by atoms with Gasteiger partial charge in [0.1, 0.15) is 13.2 Å². The first-order valence-corrected chi connectivity index (χ1v) is 33.5. The van der Waals surface area contributed by atoms with Crippen molar-refractivity contribution in [3.63, 3.8) is 0 Å². The average Bonchev–Trinajstić information content (AvgIpc) is 3.41. The normalized spacial score (nSPS) is 12.2. The first-order chi connectivity index (χ1) is 37.0. The van der Waals surface area contributed by atoms with Gasteiger partial charge >= 0.3 is 17.9 Å². The van der Waals surface area contributed by atoms with Gasteiger partial charge in [0.25, 0.3) is 0 Å². The number of hydrogen-bond acceptors (Lipinski definition) is 6. The second kappa shape index (κ2) is 64.2. The molecular weight excluding hydrogens is 925 g/mol. The Morgan fingerprint density at radius 2 is 0.493 bits per heavy atom. The highest BCUT2D eigenvalue weighted by Crippen LogP contribution is 2.18. The minimum absolute atomic E-state index is 0.0694. The van der Waals surface area contributed by atoms with E-state index in [-0.39, 0.29) is 31.1 Å². The quantitative estimate of drug-likeness (QED) is 0.0261. The predicted octanol–water partition coefficient (Wildman–Crippen LogP) is 22.8. The number of hydrogen-bond donors (Lipinski definition) is 0. The number of ether oxygens (including phenoxy) is 3. The predicted molar refractivity (Wildman–Crippen MR) is 326 cm³/mol. The Hall–Kier alpha value is -2.37. The first kappa shape index (κ1) is 72.6. The molecule has 0 radical (unpaired) electrons. The van der Waals surface area contributed by atoms with E-state index in [1.165, 1.54) is 257 Å². The van der Waals surface area contributed by atoms with Crippen LogP contribution in [-0.2, 0) is 28.6 Å². The highest BCUT2D eigenvalue weighted by molar-refractivity contribution is 5.71. The number of carbonyl (C=O) groups excluding carboxylic acids is 3. The Morgan fingerprint density at radius 1 is 0.267 bits per heavy atom. The summed E-state index contributed by atoms with van der Waals surface area (Å²) in [6.45, 7) is 6.65. The molecule has 0 aromatic heterocycles. The van der Waals surface area contributed by atoms with Gasteiger partial charge in [-0.15, -0.1) is 0 Å². The highest BCUT2D eigenvalue weighted by Gasteiger charge is 2.19. The van der Waals surface area contributed by atoms with Gasteiger partial charge < -0.3 is 14.2 Å². The van der Waals surface area contributed by atoms with E-state index in [0.717, 1.165) is 70.6 Å². The molecule has 6 heteroatoms. The number of unbranched alkanes of at least 4 members (excludes halogenated alkanes) is 45. The van der Waals surface area contributed by atoms with Gasteiger partial charge in [-0.2, -0.15) is 0 Å². The summed E-state index contributed by atoms with van der Waals surface area (Å²) in [4.78, 5) is 38.2. The molecule has 0 aliphatic heterocycles. The summed E-state index contributed by atoms with van der Waals surface area (Å²) >= 11 is 0. The van der Waals surface area contributed by atoms with Gasteiger partial charge in [-0.25, -0.2) is 0 Å². The van der Waals surface area contributed by atoms with Crippen molar-refractivity contribution in [2.45, 2.75) is 374 Å². The third-order valence-corrected chi connectivity index (χ3v) is 15.1. The maximum absolute atomic E-state index is 12.9. The van der Waals surface area contributed by atoms with Crippen LogP contribution in [0.3, 0.4) is 0 Å². The van der Waals surface area contributed by atoms with Crippen molar-refractivity contribution >= 4 is 17.9 Å². The van der Waals surface area contributed by atoms with Crippen LogP contribution < -0.4 is 0 Å². The van der Waals surface area contributed by atoms with Crippen LogP contribution in [0.2, 0.25) is 0 Å². The van der Waals surface area contributed by atoms with E-state index < -0.39 is 6.10 Å². The molecule has 0 heterocycles. The largest absolute Gasteiger partial charge is 0.462 e. The van der Waals surface area contributed by atoms with Crippen LogP contribution >= 0.6 is 0 Å². The first-order valence-electron chi connectivity index (χ1n) is 33.5. The molecule has 1 unspecified atom stereocenters. The van der Waals surface area contributed by atoms with Crippen LogP contribution in [0, 0.1) is 0 Å². The maximum Gasteiger partial charge on any atom is 0.306 e. The highest BCUT2D eigenvalue weighted by atomic mass is 16.6. The van der Waals surface area contributed by atoms with Crippen LogP contribution in [0.4, 0.5) is 0 Å². The smallest absolute Gasteiger partial charge is 0.306 e. The third kappa shape index (κ3) is 62.4. The fourth-order valence-electron chi connectivity index (χ4n) is 10.0. The minimum atomic E-state index is -0.771. The summed E-state index contributed by atoms with van der Waals surface area (Å²) in [6, 6.07) is 0. The van der Waals surface area contributed by atoms with Gasteiger partial charge in [0.05, 0.1) is 0 Å². The van der Waals surface area contributed by atoms with Crippen molar-refractivity contribution in [3.8, 4) is 0 Å². The molecule has 75 heavy (non-hydrogen) atoms. The lowest BCUT2D eigenvalue weighted by molar-refractivity contribution is -0.167. The summed E-state index contributed by atoms with van der Waals surface area (Å²) in [5.74, 6) is -0.855. The fourth-order valence-corrected chi connectivity index (χ4v) is 10.0. The lowest BCUT2D eigenvalue weighted by Gasteiger charge is -2.18. The Morgan fingerprint density at radius 3 is 0.787 bits per heavy atom. The molecule has 0 aliphatic rings. The van der Waals surface area contributed by atoms with Crippen LogP contribution in [-0.4, -0.2) is 37.2 Å². The number of carbonyl (C=O) groups is 3. The summed E-state index contributed by atoms with van der Waals surface area (Å²) < 4.78 is 16.9. The fraction of sp³-hybridized carbons (Fsp3) is 0.870. The zero-order valence-corrected chi connectivity index (χ0v) is 50.6. The van der Waals surface area contributed by atoms with E-state index in [4.69, 9.17) is 14.2 Å². The molecule has 440 valence electrons. The zero-order chi connectivity index (χ0) is 54.3. The van der Waals surface area contributed by atoms with Gasteiger partial charge in [-0.3, -0.25) is 14.4 Å². The van der Waals surface area contributed by atoms with Crippen LogP contribution in [0.1, 0.15) is 367 Å². The second-order valence-electron chi connectivity index (χ2n) is 22.7. The second-order valence-corrected chi connectivity index (χ2v) is 22.7. The van der Waals surface area contributed by atoms with Crippen molar-refractivity contribution in [1.82, 2.24) is 0 Å². The van der Waals surface area contributed by atoms with Crippen molar-refractivity contribution in [1.29, 1.82) is 0 Å². The number of esters is 3. The van der Waals surface area contributed by atoms with Crippen LogP contribution in [0.25, 0.3) is 0 Å². The molecule has 0 spiro atoms. The molecule has 0 aromatic carbocycles. The zero-order valence-electron chi connectivity index (χ0n) is 50.6. The van der Waals surface area contributed by atoms with Crippen molar-refractivity contribution in [2.75, 3.05) is 13.2 Å². The molecule has 0 fully saturated rings. The van der Waals surface area contributed by atoms with Gasteiger partial charge in [0, 0.05) is 19.3 Å². The average molecular weight is 1050 g/mol. The Bertz CT molecular complexity index is 1250. The summed E-state index contributed by atoms with van der Waals surface area (Å²) in [5, 5.41) is 0. The summed E-state index contributed by atoms with van der Waals surface area (Å²) in [5.41, 5.74) is 0. The summed E-state index contributed by atoms with van der Waals surface area (Å²) in [7, 11) is 0. The molecule has 0 N–H and O–H groups in total. The Kier molecular flexibility index (Phi) is 62.1. The van der Waals surface area contributed by atoms with E-state index in [1.54, 1.807) is 0 Å². The van der Waals surface area contributed by atoms with E-state index in [1.807, 2.05) is 0 Å². The van der Waals surface area contributed by atoms with E-state index in [2.05, 4.69) is 57.2 Å². The Labute approximate surface area is 467 Å². The topological polar surface area (TPSA) is 78.9 Å².